The molecule has 0 radical (unpaired) electrons. The molecular weight excluding hydrogens is 718 g/mol. The lowest BCUT2D eigenvalue weighted by Crippen LogP contribution is -2.72. The molecule has 3 amide bonds. The number of benzene rings is 1. The summed E-state index contributed by atoms with van der Waals surface area (Å²) in [6.45, 7) is 3.32. The van der Waals surface area contributed by atoms with Crippen LogP contribution in [0.5, 0.6) is 11.5 Å². The SMILES string of the molecule is CC(C)(O/N=C(\C(=O)N[C@@H]1C(=O)N2C(C(=O)[O-])=C(C[N+](C)(C)[C@@H]3CCN(C(=O)c4ccc(O)c(O)c4Cl)C3)CS[C@H]12)c1csc(N)n1)C(=O)O. The van der Waals surface area contributed by atoms with E-state index in [1.165, 1.54) is 43.1 Å². The van der Waals surface area contributed by atoms with Crippen molar-refractivity contribution >= 4 is 75.2 Å². The van der Waals surface area contributed by atoms with Gasteiger partial charge in [0, 0.05) is 29.7 Å². The van der Waals surface area contributed by atoms with Crippen molar-refractivity contribution in [3.63, 3.8) is 0 Å². The molecule has 1 aromatic carbocycles. The van der Waals surface area contributed by atoms with Crippen LogP contribution in [-0.2, 0) is 24.0 Å². The van der Waals surface area contributed by atoms with Gasteiger partial charge in [-0.15, -0.1) is 23.1 Å². The van der Waals surface area contributed by atoms with Crippen LogP contribution >= 0.6 is 34.7 Å². The van der Waals surface area contributed by atoms with E-state index in [9.17, 15) is 44.4 Å². The van der Waals surface area contributed by atoms with Crippen molar-refractivity contribution in [2.24, 2.45) is 5.16 Å². The van der Waals surface area contributed by atoms with Crippen LogP contribution in [0.15, 0.2) is 33.9 Å². The maximum atomic E-state index is 13.4. The summed E-state index contributed by atoms with van der Waals surface area (Å²) in [7, 11) is 3.77. The van der Waals surface area contributed by atoms with Gasteiger partial charge in [0.1, 0.15) is 29.7 Å². The Morgan fingerprint density at radius 2 is 1.96 bits per heavy atom. The highest BCUT2D eigenvalue weighted by Gasteiger charge is 2.54. The number of likely N-dealkylation sites (tertiary alicyclic amines) is 1. The number of carbonyl (C=O) groups is 5. The van der Waals surface area contributed by atoms with E-state index >= 15 is 0 Å². The molecule has 5 rings (SSSR count). The monoisotopic (exact) mass is 751 g/mol. The minimum Gasteiger partial charge on any atom is -0.543 e. The Kier molecular flexibility index (Phi) is 9.99. The van der Waals surface area contributed by atoms with Gasteiger partial charge in [0.25, 0.3) is 17.7 Å². The van der Waals surface area contributed by atoms with Crippen LogP contribution in [0.3, 0.4) is 0 Å². The number of carboxylic acid groups (broad SMARTS) is 2. The van der Waals surface area contributed by atoms with Crippen LogP contribution in [0.25, 0.3) is 0 Å². The van der Waals surface area contributed by atoms with Crippen LogP contribution in [0.2, 0.25) is 5.02 Å². The average Bonchev–Trinajstić information content (AvgIpc) is 3.72. The first-order valence-corrected chi connectivity index (χ1v) is 17.4. The van der Waals surface area contributed by atoms with Crippen molar-refractivity contribution in [1.82, 2.24) is 20.1 Å². The first kappa shape index (κ1) is 36.7. The number of quaternary nitrogens is 1. The van der Waals surface area contributed by atoms with Crippen LogP contribution in [-0.4, -0.2) is 132 Å². The van der Waals surface area contributed by atoms with Crippen LogP contribution < -0.4 is 16.2 Å². The maximum Gasteiger partial charge on any atom is 0.350 e. The zero-order chi connectivity index (χ0) is 36.9. The van der Waals surface area contributed by atoms with Gasteiger partial charge in [-0.3, -0.25) is 19.3 Å². The topological polar surface area (TPSA) is 248 Å². The summed E-state index contributed by atoms with van der Waals surface area (Å²) >= 11 is 8.36. The molecular formula is C30H34ClN7O10S2. The second kappa shape index (κ2) is 13.6. The second-order valence-corrected chi connectivity index (χ2v) is 15.3. The number of thiazole rings is 1. The molecule has 3 aliphatic heterocycles. The van der Waals surface area contributed by atoms with Gasteiger partial charge in [-0.1, -0.05) is 16.8 Å². The smallest absolute Gasteiger partial charge is 0.350 e. The van der Waals surface area contributed by atoms with Gasteiger partial charge in [-0.2, -0.15) is 0 Å². The Bertz CT molecular complexity index is 1850. The van der Waals surface area contributed by atoms with Crippen molar-refractivity contribution in [1.29, 1.82) is 0 Å². The molecule has 17 nitrogen and oxygen atoms in total. The number of phenolic OH excluding ortho intramolecular Hbond substituents is 2. The summed E-state index contributed by atoms with van der Waals surface area (Å²) in [5, 5.41) is 48.2. The number of carbonyl (C=O) groups excluding carboxylic acids is 4. The van der Waals surface area contributed by atoms with E-state index in [4.69, 9.17) is 22.2 Å². The highest BCUT2D eigenvalue weighted by molar-refractivity contribution is 8.00. The molecule has 3 atom stereocenters. The molecule has 0 unspecified atom stereocenters. The summed E-state index contributed by atoms with van der Waals surface area (Å²) in [4.78, 5) is 75.8. The van der Waals surface area contributed by atoms with E-state index in [1.807, 2.05) is 14.1 Å². The third-order valence-electron chi connectivity index (χ3n) is 8.75. The van der Waals surface area contributed by atoms with Gasteiger partial charge < -0.3 is 50.5 Å². The van der Waals surface area contributed by atoms with Crippen molar-refractivity contribution in [2.75, 3.05) is 45.2 Å². The van der Waals surface area contributed by atoms with Gasteiger partial charge in [0.05, 0.1) is 42.9 Å². The Morgan fingerprint density at radius 1 is 1.26 bits per heavy atom. The largest absolute Gasteiger partial charge is 0.543 e. The quantitative estimate of drug-likeness (QED) is 0.0655. The predicted octanol–water partition coefficient (Wildman–Crippen LogP) is -0.231. The number of hydrogen-bond donors (Lipinski definition) is 5. The minimum atomic E-state index is -1.80. The average molecular weight is 752 g/mol. The summed E-state index contributed by atoms with van der Waals surface area (Å²) in [6, 6.07) is 1.22. The lowest BCUT2D eigenvalue weighted by molar-refractivity contribution is -0.908. The number of amides is 3. The summed E-state index contributed by atoms with van der Waals surface area (Å²) in [6.07, 6.45) is 0.572. The van der Waals surface area contributed by atoms with Gasteiger partial charge in [0.15, 0.2) is 22.3 Å². The second-order valence-electron chi connectivity index (χ2n) is 12.9. The number of nitrogens with two attached hydrogens (primary N) is 1. The van der Waals surface area contributed by atoms with Crippen LogP contribution in [0, 0.1) is 0 Å². The van der Waals surface area contributed by atoms with Crippen LogP contribution in [0.1, 0.15) is 36.3 Å². The Hall–Kier alpha value is -4.59. The highest BCUT2D eigenvalue weighted by atomic mass is 35.5. The van der Waals surface area contributed by atoms with Gasteiger partial charge in [-0.25, -0.2) is 9.78 Å². The number of rotatable bonds is 11. The molecule has 0 aliphatic carbocycles. The molecule has 6 N–H and O–H groups in total. The normalized spacial score (nSPS) is 21.1. The third kappa shape index (κ3) is 6.90. The van der Waals surface area contributed by atoms with Crippen molar-refractivity contribution < 1.29 is 53.7 Å². The number of thioether (sulfide) groups is 1. The van der Waals surface area contributed by atoms with Crippen LogP contribution in [0.4, 0.5) is 5.13 Å². The Balaban J connectivity index is 1.30. The first-order chi connectivity index (χ1) is 23.3. The fraction of sp³-hybridized carbons (Fsp3) is 0.433. The highest BCUT2D eigenvalue weighted by Crippen LogP contribution is 2.41. The van der Waals surface area contributed by atoms with E-state index < -0.39 is 63.9 Å². The number of hydrogen-bond acceptors (Lipinski definition) is 14. The lowest BCUT2D eigenvalue weighted by Gasteiger charge is -2.51. The molecule has 0 saturated carbocycles. The molecule has 2 aromatic rings. The summed E-state index contributed by atoms with van der Waals surface area (Å²) < 4.78 is 0.265. The van der Waals surface area contributed by atoms with Gasteiger partial charge in [0.2, 0.25) is 5.60 Å². The summed E-state index contributed by atoms with van der Waals surface area (Å²) in [5.41, 5.74) is 3.65. The number of β-lactam (4-membered cyclic amide) rings is 1. The van der Waals surface area contributed by atoms with Gasteiger partial charge >= 0.3 is 5.97 Å². The molecule has 268 valence electrons. The molecule has 2 saturated heterocycles. The van der Waals surface area contributed by atoms with E-state index in [0.29, 0.717) is 25.1 Å². The fourth-order valence-electron chi connectivity index (χ4n) is 5.81. The number of oxime groups is 1. The number of phenols is 2. The van der Waals surface area contributed by atoms with E-state index in [2.05, 4.69) is 15.5 Å². The van der Waals surface area contributed by atoms with Crippen molar-refractivity contribution in [3.05, 3.63) is 45.1 Å². The number of aromatic nitrogens is 1. The fourth-order valence-corrected chi connectivity index (χ4v) is 7.93. The molecule has 2 fully saturated rings. The number of halogens is 1. The van der Waals surface area contributed by atoms with E-state index in [0.717, 1.165) is 16.2 Å². The zero-order valence-corrected chi connectivity index (χ0v) is 29.6. The van der Waals surface area contributed by atoms with E-state index in [-0.39, 0.29) is 49.9 Å². The first-order valence-electron chi connectivity index (χ1n) is 15.1. The van der Waals surface area contributed by atoms with Gasteiger partial charge in [-0.05, 0) is 26.0 Å². The Morgan fingerprint density at radius 3 is 2.58 bits per heavy atom. The van der Waals surface area contributed by atoms with E-state index in [1.54, 1.807) is 4.90 Å². The van der Waals surface area contributed by atoms with Crippen molar-refractivity contribution in [2.45, 2.75) is 43.3 Å². The number of fused-ring (bicyclic) bond motifs is 1. The summed E-state index contributed by atoms with van der Waals surface area (Å²) in [5.74, 6) is -5.79. The Labute approximate surface area is 298 Å². The van der Waals surface area contributed by atoms with Crippen molar-refractivity contribution in [3.8, 4) is 11.5 Å². The third-order valence-corrected chi connectivity index (χ3v) is 11.1. The number of aliphatic carboxylic acids is 2. The molecule has 1 aromatic heterocycles. The maximum absolute atomic E-state index is 13.4. The lowest BCUT2D eigenvalue weighted by atomic mass is 10.0. The molecule has 20 heteroatoms. The minimum absolute atomic E-state index is 0.0137. The number of nitrogen functional groups attached to an aromatic ring is 1. The number of nitrogens with one attached hydrogen (secondary N) is 1. The molecule has 4 heterocycles. The zero-order valence-electron chi connectivity index (χ0n) is 27.2. The number of aromatic hydroxyl groups is 2. The number of carboxylic acids is 2. The number of nitrogens with zero attached hydrogens (tertiary/aromatic N) is 5. The predicted molar refractivity (Wildman–Crippen MR) is 179 cm³/mol. The molecule has 50 heavy (non-hydrogen) atoms. The number of likely N-dealkylation sites (N-methyl/N-ethyl adjacent to an activating group) is 1. The number of anilines is 1. The molecule has 0 bridgehead atoms. The molecule has 3 aliphatic rings. The standard InChI is InChI=1S/C30H34ClN7O10S2/c1-30(2,28(46)47)48-35-19(16-12-50-29(32)33-16)23(41)34-20-25(43)37-21(27(44)45)13(11-49-26(20)37)10-38(3,4)14-7-8-36(9-14)24(42)15-5-6-17(39)22(40)18(15)31/h5-6,12,14,20,26H,7-11H2,1-4H3,(H6-,32,33,34,35,39,40,41,42,44,45,46,47)/t14-,20-,26-/m1/s1. The molecule has 0 spiro atoms.